The average Bonchev–Trinajstić information content (AvgIpc) is 3.48. The van der Waals surface area contributed by atoms with E-state index in [0.717, 1.165) is 16.5 Å². The van der Waals surface area contributed by atoms with Gasteiger partial charge in [-0.2, -0.15) is 0 Å². The molecule has 4 rings (SSSR count). The van der Waals surface area contributed by atoms with Gasteiger partial charge in [-0.1, -0.05) is 34.6 Å². The molecule has 0 saturated heterocycles. The van der Waals surface area contributed by atoms with E-state index in [-0.39, 0.29) is 24.2 Å². The zero-order chi connectivity index (χ0) is 21.1. The number of nitrogens with zero attached hydrogens (tertiary/aromatic N) is 3. The maximum absolute atomic E-state index is 12.7. The lowest BCUT2D eigenvalue weighted by molar-refractivity contribution is 0.0727. The summed E-state index contributed by atoms with van der Waals surface area (Å²) in [6, 6.07) is 14.5. The Bertz CT molecular complexity index is 1150. The van der Waals surface area contributed by atoms with Crippen molar-refractivity contribution in [3.05, 3.63) is 71.9 Å². The van der Waals surface area contributed by atoms with Crippen LogP contribution in [0.25, 0.3) is 10.8 Å². The van der Waals surface area contributed by atoms with Crippen LogP contribution >= 0.6 is 0 Å². The molecule has 4 aromatic rings. The van der Waals surface area contributed by atoms with E-state index in [9.17, 15) is 4.79 Å². The van der Waals surface area contributed by atoms with Crippen molar-refractivity contribution in [1.82, 2.24) is 15.2 Å². The topological polar surface area (TPSA) is 90.8 Å². The van der Waals surface area contributed by atoms with Gasteiger partial charge in [-0.3, -0.25) is 4.79 Å². The van der Waals surface area contributed by atoms with E-state index in [1.165, 1.54) is 11.2 Å². The predicted molar refractivity (Wildman–Crippen MR) is 108 cm³/mol. The van der Waals surface area contributed by atoms with Gasteiger partial charge >= 0.3 is 0 Å². The first kappa shape index (κ1) is 19.5. The van der Waals surface area contributed by atoms with Crippen LogP contribution in [0.15, 0.2) is 63.8 Å². The van der Waals surface area contributed by atoms with Crippen LogP contribution in [0.5, 0.6) is 11.5 Å². The molecule has 0 fully saturated rings. The summed E-state index contributed by atoms with van der Waals surface area (Å²) in [5.74, 6) is 1.62. The lowest BCUT2D eigenvalue weighted by Gasteiger charge is -2.21. The summed E-state index contributed by atoms with van der Waals surface area (Å²) in [5, 5.41) is 9.65. The van der Waals surface area contributed by atoms with Crippen molar-refractivity contribution in [2.45, 2.75) is 19.6 Å². The average molecular weight is 407 g/mol. The molecule has 8 nitrogen and oxygen atoms in total. The summed E-state index contributed by atoms with van der Waals surface area (Å²) >= 11 is 0. The first-order chi connectivity index (χ1) is 14.6. The lowest BCUT2D eigenvalue weighted by Crippen LogP contribution is -2.30. The van der Waals surface area contributed by atoms with Crippen LogP contribution in [0.1, 0.15) is 34.9 Å². The van der Waals surface area contributed by atoms with Crippen LogP contribution in [0.2, 0.25) is 0 Å². The van der Waals surface area contributed by atoms with Gasteiger partial charge in [0.25, 0.3) is 5.91 Å². The van der Waals surface area contributed by atoms with Gasteiger partial charge < -0.3 is 23.4 Å². The molecular formula is C22H21N3O5. The molecule has 30 heavy (non-hydrogen) atoms. The fraction of sp³-hybridized carbons (Fsp3) is 0.227. The molecular weight excluding hydrogens is 386 g/mol. The molecule has 2 aromatic heterocycles. The largest absolute Gasteiger partial charge is 0.496 e. The number of ether oxygens (including phenoxy) is 2. The molecule has 0 saturated carbocycles. The van der Waals surface area contributed by atoms with Gasteiger partial charge in [0, 0.05) is 30.0 Å². The maximum atomic E-state index is 12.7. The van der Waals surface area contributed by atoms with E-state index in [2.05, 4.69) is 10.3 Å². The van der Waals surface area contributed by atoms with Gasteiger partial charge in [-0.25, -0.2) is 0 Å². The minimum atomic E-state index is -0.282. The standard InChI is InChI=1S/C22H21N3O5/c1-14(18-10-11-29-23-18)25(2)22(26)19-12-15(30-24-19)13-28-21-9-8-20(27-3)16-6-4-5-7-17(16)21/h4-12,14H,13H2,1-3H3/t14-/m1/s1. The number of benzene rings is 2. The molecule has 0 bridgehead atoms. The Hall–Kier alpha value is -3.81. The Morgan fingerprint density at radius 2 is 1.83 bits per heavy atom. The third-order valence-electron chi connectivity index (χ3n) is 5.00. The van der Waals surface area contributed by atoms with Crippen LogP contribution in [0.3, 0.4) is 0 Å². The van der Waals surface area contributed by atoms with Gasteiger partial charge in [0.2, 0.25) is 0 Å². The first-order valence-corrected chi connectivity index (χ1v) is 9.40. The van der Waals surface area contributed by atoms with Crippen molar-refractivity contribution in [2.75, 3.05) is 14.2 Å². The fourth-order valence-corrected chi connectivity index (χ4v) is 3.17. The van der Waals surface area contributed by atoms with Crippen molar-refractivity contribution in [3.63, 3.8) is 0 Å². The third-order valence-corrected chi connectivity index (χ3v) is 5.00. The summed E-state index contributed by atoms with van der Waals surface area (Å²) < 4.78 is 21.5. The highest BCUT2D eigenvalue weighted by molar-refractivity contribution is 5.93. The normalized spacial score (nSPS) is 12.0. The van der Waals surface area contributed by atoms with Gasteiger partial charge in [0.05, 0.1) is 13.2 Å². The molecule has 2 aromatic carbocycles. The van der Waals surface area contributed by atoms with Crippen LogP contribution in [-0.2, 0) is 6.61 Å². The quantitative estimate of drug-likeness (QED) is 0.453. The van der Waals surface area contributed by atoms with E-state index in [4.69, 9.17) is 18.5 Å². The highest BCUT2D eigenvalue weighted by Gasteiger charge is 2.23. The Balaban J connectivity index is 1.47. The molecule has 0 N–H and O–H groups in total. The second-order valence-electron chi connectivity index (χ2n) is 6.80. The molecule has 8 heteroatoms. The number of methoxy groups -OCH3 is 1. The van der Waals surface area contributed by atoms with E-state index in [1.54, 1.807) is 26.3 Å². The van der Waals surface area contributed by atoms with Gasteiger partial charge in [0.1, 0.15) is 30.1 Å². The number of aromatic nitrogens is 2. The van der Waals surface area contributed by atoms with E-state index in [0.29, 0.717) is 17.2 Å². The minimum Gasteiger partial charge on any atom is -0.496 e. The van der Waals surface area contributed by atoms with Crippen LogP contribution in [0, 0.1) is 0 Å². The van der Waals surface area contributed by atoms with Crippen molar-refractivity contribution in [3.8, 4) is 11.5 Å². The second kappa shape index (κ2) is 8.28. The summed E-state index contributed by atoms with van der Waals surface area (Å²) in [6.45, 7) is 1.99. The monoisotopic (exact) mass is 407 g/mol. The molecule has 2 heterocycles. The van der Waals surface area contributed by atoms with Crippen molar-refractivity contribution >= 4 is 16.7 Å². The van der Waals surface area contributed by atoms with E-state index in [1.807, 2.05) is 43.3 Å². The molecule has 0 aliphatic heterocycles. The van der Waals surface area contributed by atoms with E-state index >= 15 is 0 Å². The van der Waals surface area contributed by atoms with Crippen LogP contribution < -0.4 is 9.47 Å². The summed E-state index contributed by atoms with van der Waals surface area (Å²) in [4.78, 5) is 14.2. The Kier molecular flexibility index (Phi) is 5.38. The molecule has 154 valence electrons. The van der Waals surface area contributed by atoms with Gasteiger partial charge in [-0.15, -0.1) is 0 Å². The third kappa shape index (κ3) is 3.71. The van der Waals surface area contributed by atoms with E-state index < -0.39 is 0 Å². The molecule has 0 aliphatic carbocycles. The molecule has 1 atom stereocenters. The van der Waals surface area contributed by atoms with Gasteiger partial charge in [-0.05, 0) is 19.1 Å². The summed E-state index contributed by atoms with van der Waals surface area (Å²) in [6.07, 6.45) is 1.47. The van der Waals surface area contributed by atoms with Gasteiger partial charge in [0.15, 0.2) is 11.5 Å². The number of fused-ring (bicyclic) bond motifs is 1. The Morgan fingerprint density at radius 1 is 1.10 bits per heavy atom. The van der Waals surface area contributed by atoms with Crippen LogP contribution in [-0.4, -0.2) is 35.3 Å². The second-order valence-corrected chi connectivity index (χ2v) is 6.80. The maximum Gasteiger partial charge on any atom is 0.276 e. The van der Waals surface area contributed by atoms with Crippen molar-refractivity contribution < 1.29 is 23.3 Å². The fourth-order valence-electron chi connectivity index (χ4n) is 3.17. The highest BCUT2D eigenvalue weighted by Crippen LogP contribution is 2.33. The molecule has 1 amide bonds. The molecule has 0 unspecified atom stereocenters. The Labute approximate surface area is 172 Å². The predicted octanol–water partition coefficient (Wildman–Crippen LogP) is 4.24. The smallest absolute Gasteiger partial charge is 0.276 e. The highest BCUT2D eigenvalue weighted by atomic mass is 16.5. The lowest BCUT2D eigenvalue weighted by atomic mass is 10.1. The number of amides is 1. The number of hydrogen-bond donors (Lipinski definition) is 0. The number of hydrogen-bond acceptors (Lipinski definition) is 7. The SMILES string of the molecule is COc1ccc(OCc2cc(C(=O)N(C)[C@H](C)c3ccon3)no2)c2ccccc12. The van der Waals surface area contributed by atoms with Crippen molar-refractivity contribution in [2.24, 2.45) is 0 Å². The number of rotatable bonds is 7. The summed E-state index contributed by atoms with van der Waals surface area (Å²) in [5.41, 5.74) is 0.857. The zero-order valence-corrected chi connectivity index (χ0v) is 16.9. The van der Waals surface area contributed by atoms with Crippen molar-refractivity contribution in [1.29, 1.82) is 0 Å². The molecule has 0 spiro atoms. The van der Waals surface area contributed by atoms with Crippen LogP contribution in [0.4, 0.5) is 0 Å². The number of carbonyl (C=O) groups excluding carboxylic acids is 1. The molecule has 0 aliphatic rings. The first-order valence-electron chi connectivity index (χ1n) is 9.40. The molecule has 0 radical (unpaired) electrons. The Morgan fingerprint density at radius 3 is 2.53 bits per heavy atom. The zero-order valence-electron chi connectivity index (χ0n) is 16.9. The summed E-state index contributed by atoms with van der Waals surface area (Å²) in [7, 11) is 3.31. The number of carbonyl (C=O) groups is 1. The minimum absolute atomic E-state index is 0.138.